The van der Waals surface area contributed by atoms with Gasteiger partial charge in [0.2, 0.25) is 0 Å². The molecular weight excluding hydrogens is 210 g/mol. The van der Waals surface area contributed by atoms with Crippen molar-refractivity contribution in [2.24, 2.45) is 0 Å². The third-order valence-electron chi connectivity index (χ3n) is 2.71. The van der Waals surface area contributed by atoms with Gasteiger partial charge in [-0.05, 0) is 12.0 Å². The smallest absolute Gasteiger partial charge is 0.129 e. The van der Waals surface area contributed by atoms with E-state index >= 15 is 0 Å². The average Bonchev–Trinajstić information content (AvgIpc) is 2.40. The summed E-state index contributed by atoms with van der Waals surface area (Å²) in [6, 6.07) is 10.5. The molecule has 2 rings (SSSR count). The Morgan fingerprint density at radius 2 is 1.88 bits per heavy atom. The van der Waals surface area contributed by atoms with Crippen LogP contribution in [0.3, 0.4) is 0 Å². The van der Waals surface area contributed by atoms with Gasteiger partial charge in [0.25, 0.3) is 0 Å². The maximum absolute atomic E-state index is 4.28. The monoisotopic (exact) mass is 227 g/mol. The largest absolute Gasteiger partial charge is 0.373 e. The molecule has 88 valence electrons. The quantitative estimate of drug-likeness (QED) is 0.872. The third-order valence-corrected chi connectivity index (χ3v) is 2.71. The molecule has 0 bridgehead atoms. The number of aromatic nitrogens is 2. The molecule has 17 heavy (non-hydrogen) atoms. The zero-order valence-electron chi connectivity index (χ0n) is 10.3. The lowest BCUT2D eigenvalue weighted by Crippen LogP contribution is -1.94. The van der Waals surface area contributed by atoms with Crippen molar-refractivity contribution < 1.29 is 0 Å². The van der Waals surface area contributed by atoms with E-state index in [1.165, 1.54) is 12.0 Å². The van der Waals surface area contributed by atoms with Crippen molar-refractivity contribution in [2.75, 3.05) is 12.4 Å². The van der Waals surface area contributed by atoms with E-state index in [-0.39, 0.29) is 0 Å². The first kappa shape index (κ1) is 11.6. The van der Waals surface area contributed by atoms with Crippen LogP contribution >= 0.6 is 0 Å². The van der Waals surface area contributed by atoms with E-state index in [9.17, 15) is 0 Å². The second kappa shape index (κ2) is 5.43. The first-order valence-corrected chi connectivity index (χ1v) is 5.92. The van der Waals surface area contributed by atoms with Crippen molar-refractivity contribution in [1.29, 1.82) is 0 Å². The van der Waals surface area contributed by atoms with E-state index in [4.69, 9.17) is 0 Å². The van der Waals surface area contributed by atoms with Crippen LogP contribution in [0.4, 0.5) is 5.82 Å². The van der Waals surface area contributed by atoms with Crippen LogP contribution in [-0.4, -0.2) is 17.0 Å². The molecule has 0 aliphatic carbocycles. The van der Waals surface area contributed by atoms with Gasteiger partial charge in [0, 0.05) is 18.7 Å². The van der Waals surface area contributed by atoms with Gasteiger partial charge >= 0.3 is 0 Å². The van der Waals surface area contributed by atoms with Crippen LogP contribution in [0.15, 0.2) is 36.7 Å². The van der Waals surface area contributed by atoms with Crippen LogP contribution in [0.1, 0.15) is 18.9 Å². The van der Waals surface area contributed by atoms with E-state index in [1.807, 2.05) is 13.1 Å². The fourth-order valence-electron chi connectivity index (χ4n) is 1.78. The summed E-state index contributed by atoms with van der Waals surface area (Å²) in [5.74, 6) is 0.840. The highest BCUT2D eigenvalue weighted by molar-refractivity contribution is 5.62. The number of hydrogen-bond donors (Lipinski definition) is 1. The summed E-state index contributed by atoms with van der Waals surface area (Å²) in [6.45, 7) is 2.19. The number of nitrogens with one attached hydrogen (secondary N) is 1. The predicted molar refractivity (Wildman–Crippen MR) is 71.0 cm³/mol. The Balaban J connectivity index is 2.26. The number of nitrogens with zero attached hydrogens (tertiary/aromatic N) is 2. The highest BCUT2D eigenvalue weighted by atomic mass is 15.0. The Morgan fingerprint density at radius 3 is 2.53 bits per heavy atom. The van der Waals surface area contributed by atoms with Crippen LogP contribution in [0.5, 0.6) is 0 Å². The first-order valence-electron chi connectivity index (χ1n) is 5.92. The molecule has 0 aliphatic rings. The molecule has 0 spiro atoms. The summed E-state index contributed by atoms with van der Waals surface area (Å²) in [5, 5.41) is 3.02. The fraction of sp³-hybridized carbons (Fsp3) is 0.286. The summed E-state index contributed by atoms with van der Waals surface area (Å²) >= 11 is 0. The van der Waals surface area contributed by atoms with Gasteiger partial charge in [-0.25, -0.2) is 9.97 Å². The van der Waals surface area contributed by atoms with Crippen molar-refractivity contribution >= 4 is 5.82 Å². The summed E-state index contributed by atoms with van der Waals surface area (Å²) in [4.78, 5) is 8.39. The highest BCUT2D eigenvalue weighted by Gasteiger charge is 2.01. The van der Waals surface area contributed by atoms with Crippen molar-refractivity contribution in [3.05, 3.63) is 42.2 Å². The molecule has 0 fully saturated rings. The van der Waals surface area contributed by atoms with Gasteiger partial charge in [0.1, 0.15) is 12.1 Å². The van der Waals surface area contributed by atoms with Crippen LogP contribution in [0.25, 0.3) is 11.3 Å². The Kier molecular flexibility index (Phi) is 3.70. The van der Waals surface area contributed by atoms with Gasteiger partial charge in [-0.2, -0.15) is 0 Å². The molecule has 1 N–H and O–H groups in total. The Morgan fingerprint density at radius 1 is 1.12 bits per heavy atom. The van der Waals surface area contributed by atoms with Crippen molar-refractivity contribution in [3.63, 3.8) is 0 Å². The molecule has 0 radical (unpaired) electrons. The maximum atomic E-state index is 4.28. The zero-order chi connectivity index (χ0) is 12.1. The molecule has 1 aromatic carbocycles. The zero-order valence-corrected chi connectivity index (χ0v) is 10.3. The second-order valence-corrected chi connectivity index (χ2v) is 3.99. The van der Waals surface area contributed by atoms with Gasteiger partial charge in [-0.15, -0.1) is 0 Å². The molecule has 1 aromatic heterocycles. The Bertz CT molecular complexity index is 477. The highest BCUT2D eigenvalue weighted by Crippen LogP contribution is 2.19. The van der Waals surface area contributed by atoms with E-state index in [2.05, 4.69) is 46.5 Å². The number of anilines is 1. The third kappa shape index (κ3) is 2.81. The van der Waals surface area contributed by atoms with Gasteiger partial charge in [0.15, 0.2) is 0 Å². The molecule has 2 aromatic rings. The fourth-order valence-corrected chi connectivity index (χ4v) is 1.78. The summed E-state index contributed by atoms with van der Waals surface area (Å²) < 4.78 is 0. The number of benzene rings is 1. The van der Waals surface area contributed by atoms with Crippen LogP contribution in [0, 0.1) is 0 Å². The van der Waals surface area contributed by atoms with Crippen LogP contribution in [0.2, 0.25) is 0 Å². The molecule has 0 atom stereocenters. The van der Waals surface area contributed by atoms with Gasteiger partial charge in [-0.1, -0.05) is 37.6 Å². The van der Waals surface area contributed by atoms with Crippen molar-refractivity contribution in [1.82, 2.24) is 9.97 Å². The minimum Gasteiger partial charge on any atom is -0.373 e. The molecule has 3 nitrogen and oxygen atoms in total. The predicted octanol–water partition coefficient (Wildman–Crippen LogP) is 3.14. The van der Waals surface area contributed by atoms with Crippen LogP contribution < -0.4 is 5.32 Å². The Hall–Kier alpha value is -1.90. The molecule has 0 amide bonds. The summed E-state index contributed by atoms with van der Waals surface area (Å²) in [7, 11) is 1.86. The first-order chi connectivity index (χ1) is 8.33. The Labute approximate surface area is 102 Å². The topological polar surface area (TPSA) is 37.8 Å². The minimum absolute atomic E-state index is 0.840. The molecule has 0 saturated carbocycles. The van der Waals surface area contributed by atoms with Gasteiger partial charge < -0.3 is 5.32 Å². The maximum Gasteiger partial charge on any atom is 0.129 e. The molecule has 0 saturated heterocycles. The summed E-state index contributed by atoms with van der Waals surface area (Å²) in [5.41, 5.74) is 3.45. The minimum atomic E-state index is 0.840. The van der Waals surface area contributed by atoms with E-state index in [0.717, 1.165) is 23.5 Å². The lowest BCUT2D eigenvalue weighted by Gasteiger charge is -2.04. The standard InChI is InChI=1S/C14H17N3/c1-3-4-11-5-7-12(8-6-11)13-9-14(15-2)17-10-16-13/h5-10H,3-4H2,1-2H3,(H,15,16,17). The van der Waals surface area contributed by atoms with Gasteiger partial charge in [0.05, 0.1) is 5.69 Å². The molecule has 1 heterocycles. The van der Waals surface area contributed by atoms with E-state index in [0.29, 0.717) is 0 Å². The summed E-state index contributed by atoms with van der Waals surface area (Å²) in [6.07, 6.45) is 3.89. The normalized spacial score (nSPS) is 10.2. The van der Waals surface area contributed by atoms with Crippen molar-refractivity contribution in [3.8, 4) is 11.3 Å². The number of hydrogen-bond acceptors (Lipinski definition) is 3. The van der Waals surface area contributed by atoms with E-state index in [1.54, 1.807) is 6.33 Å². The lowest BCUT2D eigenvalue weighted by molar-refractivity contribution is 0.922. The SMILES string of the molecule is CCCc1ccc(-c2cc(NC)ncn2)cc1. The van der Waals surface area contributed by atoms with Crippen molar-refractivity contribution in [2.45, 2.75) is 19.8 Å². The lowest BCUT2D eigenvalue weighted by atomic mass is 10.1. The molecule has 0 aliphatic heterocycles. The average molecular weight is 227 g/mol. The number of aryl methyl sites for hydroxylation is 1. The number of rotatable bonds is 4. The second-order valence-electron chi connectivity index (χ2n) is 3.99. The molecular formula is C14H17N3. The van der Waals surface area contributed by atoms with Gasteiger partial charge in [-0.3, -0.25) is 0 Å². The molecule has 3 heteroatoms. The van der Waals surface area contributed by atoms with E-state index < -0.39 is 0 Å². The molecule has 0 unspecified atom stereocenters. The van der Waals surface area contributed by atoms with Crippen LogP contribution in [-0.2, 0) is 6.42 Å².